The normalized spacial score (nSPS) is 11.7. The van der Waals surface area contributed by atoms with Crippen LogP contribution in [-0.4, -0.2) is 28.1 Å². The fourth-order valence-electron chi connectivity index (χ4n) is 2.98. The number of aromatic nitrogens is 2. The molecule has 9 heteroatoms. The summed E-state index contributed by atoms with van der Waals surface area (Å²) >= 11 is 0. The van der Waals surface area contributed by atoms with Crippen LogP contribution in [0.2, 0.25) is 0 Å². The van der Waals surface area contributed by atoms with Gasteiger partial charge < -0.3 is 10.1 Å². The number of carbonyl (C=O) groups is 1. The lowest BCUT2D eigenvalue weighted by atomic mass is 9.98. The summed E-state index contributed by atoms with van der Waals surface area (Å²) in [5, 5.41) is 20.3. The van der Waals surface area contributed by atoms with Gasteiger partial charge in [-0.1, -0.05) is 24.3 Å². The van der Waals surface area contributed by atoms with Crippen molar-refractivity contribution in [2.45, 2.75) is 19.4 Å². The van der Waals surface area contributed by atoms with Crippen molar-refractivity contribution >= 4 is 11.6 Å². The predicted molar refractivity (Wildman–Crippen MR) is 103 cm³/mol. The van der Waals surface area contributed by atoms with E-state index in [1.54, 1.807) is 43.5 Å². The summed E-state index contributed by atoms with van der Waals surface area (Å²) in [5.41, 5.74) is 1.10. The first-order valence-corrected chi connectivity index (χ1v) is 8.77. The van der Waals surface area contributed by atoms with E-state index in [9.17, 15) is 19.3 Å². The van der Waals surface area contributed by atoms with E-state index in [1.165, 1.54) is 19.1 Å². The van der Waals surface area contributed by atoms with E-state index < -0.39 is 16.9 Å². The average Bonchev–Trinajstić information content (AvgIpc) is 3.11. The number of nitrogens with one attached hydrogen (secondary N) is 2. The molecule has 1 aromatic heterocycles. The minimum atomic E-state index is -0.677. The maximum Gasteiger partial charge on any atom is 0.322 e. The smallest absolute Gasteiger partial charge is 0.322 e. The van der Waals surface area contributed by atoms with Crippen molar-refractivity contribution < 1.29 is 18.8 Å². The van der Waals surface area contributed by atoms with Gasteiger partial charge >= 0.3 is 5.69 Å². The van der Waals surface area contributed by atoms with Gasteiger partial charge in [0.25, 0.3) is 5.91 Å². The highest BCUT2D eigenvalue weighted by Gasteiger charge is 2.29. The van der Waals surface area contributed by atoms with Crippen molar-refractivity contribution in [2.75, 3.05) is 7.11 Å². The molecule has 3 rings (SSSR count). The second kappa shape index (κ2) is 8.51. The predicted octanol–water partition coefficient (Wildman–Crippen LogP) is 3.49. The van der Waals surface area contributed by atoms with Crippen LogP contribution in [-0.2, 0) is 6.42 Å². The van der Waals surface area contributed by atoms with Crippen molar-refractivity contribution in [3.8, 4) is 5.75 Å². The zero-order chi connectivity index (χ0) is 21.0. The van der Waals surface area contributed by atoms with E-state index in [0.29, 0.717) is 12.2 Å². The number of halogens is 1. The molecule has 29 heavy (non-hydrogen) atoms. The lowest BCUT2D eigenvalue weighted by molar-refractivity contribution is -0.385. The molecule has 0 bridgehead atoms. The first kappa shape index (κ1) is 20.0. The van der Waals surface area contributed by atoms with Crippen LogP contribution in [0, 0.1) is 22.9 Å². The minimum absolute atomic E-state index is 0.194. The van der Waals surface area contributed by atoms with E-state index in [1.807, 2.05) is 0 Å². The molecule has 3 aromatic rings. The van der Waals surface area contributed by atoms with Gasteiger partial charge in [0.05, 0.1) is 18.1 Å². The number of nitro groups is 1. The van der Waals surface area contributed by atoms with Crippen LogP contribution in [0.4, 0.5) is 10.1 Å². The van der Waals surface area contributed by atoms with Gasteiger partial charge in [0.1, 0.15) is 17.3 Å². The van der Waals surface area contributed by atoms with Crippen LogP contribution >= 0.6 is 0 Å². The topological polar surface area (TPSA) is 110 Å². The molecule has 150 valence electrons. The number of nitrogens with zero attached hydrogens (tertiary/aromatic N) is 2. The van der Waals surface area contributed by atoms with E-state index in [-0.39, 0.29) is 22.9 Å². The summed E-state index contributed by atoms with van der Waals surface area (Å²) in [7, 11) is 1.55. The van der Waals surface area contributed by atoms with Crippen LogP contribution in [0.15, 0.2) is 48.5 Å². The van der Waals surface area contributed by atoms with Gasteiger partial charge in [-0.05, 0) is 48.7 Å². The van der Waals surface area contributed by atoms with E-state index in [0.717, 1.165) is 11.1 Å². The fourth-order valence-corrected chi connectivity index (χ4v) is 2.98. The third-order valence-corrected chi connectivity index (χ3v) is 4.49. The third-order valence-electron chi connectivity index (χ3n) is 4.49. The quantitative estimate of drug-likeness (QED) is 0.468. The molecule has 8 nitrogen and oxygen atoms in total. The Morgan fingerprint density at radius 3 is 2.48 bits per heavy atom. The number of aryl methyl sites for hydroxylation is 1. The fraction of sp³-hybridized carbons (Fsp3) is 0.200. The lowest BCUT2D eigenvalue weighted by Crippen LogP contribution is -2.30. The van der Waals surface area contributed by atoms with Gasteiger partial charge in [-0.25, -0.2) is 4.39 Å². The molecule has 0 spiro atoms. The summed E-state index contributed by atoms with van der Waals surface area (Å²) < 4.78 is 18.4. The first-order valence-electron chi connectivity index (χ1n) is 8.77. The van der Waals surface area contributed by atoms with Gasteiger partial charge in [0, 0.05) is 0 Å². The summed E-state index contributed by atoms with van der Waals surface area (Å²) in [5.74, 6) is -0.385. The highest BCUT2D eigenvalue weighted by molar-refractivity contribution is 5.96. The molecule has 1 atom stereocenters. The summed E-state index contributed by atoms with van der Waals surface area (Å²) in [4.78, 5) is 23.4. The van der Waals surface area contributed by atoms with E-state index in [4.69, 9.17) is 4.74 Å². The molecular formula is C20H19FN4O4. The molecule has 1 heterocycles. The van der Waals surface area contributed by atoms with Crippen LogP contribution in [0.1, 0.15) is 33.4 Å². The molecule has 1 amide bonds. The number of rotatable bonds is 7. The van der Waals surface area contributed by atoms with Crippen LogP contribution in [0.3, 0.4) is 0 Å². The molecule has 2 aromatic carbocycles. The summed E-state index contributed by atoms with van der Waals surface area (Å²) in [6, 6.07) is 12.5. The second-order valence-electron chi connectivity index (χ2n) is 6.43. The van der Waals surface area contributed by atoms with Crippen LogP contribution in [0.5, 0.6) is 5.75 Å². The Morgan fingerprint density at radius 1 is 1.24 bits per heavy atom. The maximum atomic E-state index is 13.2. The van der Waals surface area contributed by atoms with Crippen LogP contribution < -0.4 is 10.1 Å². The Morgan fingerprint density at radius 2 is 1.90 bits per heavy atom. The number of methoxy groups -OCH3 is 1. The number of aromatic amines is 1. The third kappa shape index (κ3) is 4.57. The van der Waals surface area contributed by atoms with Crippen molar-refractivity contribution in [3.63, 3.8) is 0 Å². The molecule has 0 fully saturated rings. The van der Waals surface area contributed by atoms with Crippen molar-refractivity contribution in [2.24, 2.45) is 0 Å². The highest BCUT2D eigenvalue weighted by Crippen LogP contribution is 2.24. The molecule has 0 saturated heterocycles. The molecule has 0 saturated carbocycles. The highest BCUT2D eigenvalue weighted by atomic mass is 19.1. The Hall–Kier alpha value is -3.75. The molecule has 0 aliphatic rings. The molecule has 0 aliphatic heterocycles. The molecule has 1 unspecified atom stereocenters. The Labute approximate surface area is 165 Å². The number of amides is 1. The number of carbonyl (C=O) groups excluding carboxylic acids is 1. The zero-order valence-corrected chi connectivity index (χ0v) is 15.8. The van der Waals surface area contributed by atoms with Gasteiger partial charge in [-0.2, -0.15) is 5.10 Å². The van der Waals surface area contributed by atoms with Gasteiger partial charge in [-0.15, -0.1) is 0 Å². The van der Waals surface area contributed by atoms with Crippen molar-refractivity contribution in [3.05, 3.63) is 87.0 Å². The van der Waals surface area contributed by atoms with E-state index in [2.05, 4.69) is 15.5 Å². The Kier molecular flexibility index (Phi) is 5.87. The van der Waals surface area contributed by atoms with Gasteiger partial charge in [0.2, 0.25) is 5.69 Å². The monoisotopic (exact) mass is 398 g/mol. The SMILES string of the molecule is COc1ccc(C(Cc2ccc(F)cc2)NC(=O)c2n[nH]c(C)c2[N+](=O)[O-])cc1. The van der Waals surface area contributed by atoms with Crippen molar-refractivity contribution in [1.29, 1.82) is 0 Å². The average molecular weight is 398 g/mol. The van der Waals surface area contributed by atoms with E-state index >= 15 is 0 Å². The minimum Gasteiger partial charge on any atom is -0.497 e. The first-order chi connectivity index (χ1) is 13.9. The molecule has 2 N–H and O–H groups in total. The largest absolute Gasteiger partial charge is 0.497 e. The number of hydrogen-bond donors (Lipinski definition) is 2. The number of benzene rings is 2. The van der Waals surface area contributed by atoms with Crippen LogP contribution in [0.25, 0.3) is 0 Å². The van der Waals surface area contributed by atoms with Gasteiger partial charge in [-0.3, -0.25) is 20.0 Å². The lowest BCUT2D eigenvalue weighted by Gasteiger charge is -2.19. The van der Waals surface area contributed by atoms with Gasteiger partial charge in [0.15, 0.2) is 0 Å². The zero-order valence-electron chi connectivity index (χ0n) is 15.8. The maximum absolute atomic E-state index is 13.2. The molecule has 0 aliphatic carbocycles. The van der Waals surface area contributed by atoms with Crippen molar-refractivity contribution in [1.82, 2.24) is 15.5 Å². The summed E-state index contributed by atoms with van der Waals surface area (Å²) in [6.45, 7) is 1.47. The number of ether oxygens (including phenoxy) is 1. The molecule has 0 radical (unpaired) electrons. The number of hydrogen-bond acceptors (Lipinski definition) is 5. The molecular weight excluding hydrogens is 379 g/mol. The second-order valence-corrected chi connectivity index (χ2v) is 6.43. The number of H-pyrrole nitrogens is 1. The Balaban J connectivity index is 1.90. The standard InChI is InChI=1S/C20H19FN4O4/c1-12-19(25(27)28)18(24-23-12)20(26)22-17(11-13-3-7-15(21)8-4-13)14-5-9-16(29-2)10-6-14/h3-10,17H,11H2,1-2H3,(H,22,26)(H,23,24). The Bertz CT molecular complexity index is 1020. The summed E-state index contributed by atoms with van der Waals surface area (Å²) in [6.07, 6.45) is 0.357.